The van der Waals surface area contributed by atoms with Gasteiger partial charge in [-0.25, -0.2) is 4.98 Å². The van der Waals surface area contributed by atoms with E-state index in [0.29, 0.717) is 5.82 Å². The molecule has 72 valence electrons. The van der Waals surface area contributed by atoms with Crippen LogP contribution in [0.2, 0.25) is 0 Å². The van der Waals surface area contributed by atoms with Crippen molar-refractivity contribution in [2.45, 2.75) is 6.54 Å². The number of hydrogen-bond acceptors (Lipinski definition) is 4. The van der Waals surface area contributed by atoms with Gasteiger partial charge in [0, 0.05) is 12.7 Å². The first-order valence-corrected chi connectivity index (χ1v) is 4.45. The third-order valence-electron chi connectivity index (χ3n) is 2.00. The van der Waals surface area contributed by atoms with Gasteiger partial charge in [0.15, 0.2) is 0 Å². The van der Waals surface area contributed by atoms with E-state index in [1.54, 1.807) is 6.07 Å². The number of nitrogen functional groups attached to an aromatic ring is 1. The minimum absolute atomic E-state index is 0.529. The SMILES string of the molecule is CNCc1cnc2ccc(N)nc2c1. The summed E-state index contributed by atoms with van der Waals surface area (Å²) < 4.78 is 0. The fourth-order valence-electron chi connectivity index (χ4n) is 1.36. The fourth-order valence-corrected chi connectivity index (χ4v) is 1.36. The van der Waals surface area contributed by atoms with Crippen LogP contribution in [-0.4, -0.2) is 17.0 Å². The largest absolute Gasteiger partial charge is 0.384 e. The quantitative estimate of drug-likeness (QED) is 0.736. The minimum atomic E-state index is 0.529. The molecule has 0 amide bonds. The van der Waals surface area contributed by atoms with E-state index >= 15 is 0 Å². The van der Waals surface area contributed by atoms with Crippen molar-refractivity contribution >= 4 is 16.9 Å². The van der Waals surface area contributed by atoms with E-state index in [9.17, 15) is 0 Å². The van der Waals surface area contributed by atoms with Crippen LogP contribution >= 0.6 is 0 Å². The number of aromatic nitrogens is 2. The maximum absolute atomic E-state index is 5.59. The van der Waals surface area contributed by atoms with Gasteiger partial charge < -0.3 is 11.1 Å². The fraction of sp³-hybridized carbons (Fsp3) is 0.200. The Kier molecular flexibility index (Phi) is 2.28. The molecule has 2 rings (SSSR count). The number of hydrogen-bond donors (Lipinski definition) is 2. The van der Waals surface area contributed by atoms with Crippen LogP contribution in [0.5, 0.6) is 0 Å². The molecule has 3 N–H and O–H groups in total. The van der Waals surface area contributed by atoms with Crippen molar-refractivity contribution in [3.05, 3.63) is 30.0 Å². The van der Waals surface area contributed by atoms with Crippen LogP contribution in [0.15, 0.2) is 24.4 Å². The Balaban J connectivity index is 2.52. The van der Waals surface area contributed by atoms with E-state index in [4.69, 9.17) is 5.73 Å². The Morgan fingerprint density at radius 3 is 3.00 bits per heavy atom. The van der Waals surface area contributed by atoms with E-state index in [0.717, 1.165) is 23.1 Å². The lowest BCUT2D eigenvalue weighted by atomic mass is 10.2. The molecule has 0 aromatic carbocycles. The molecule has 2 aromatic rings. The zero-order valence-electron chi connectivity index (χ0n) is 7.99. The molecule has 0 saturated heterocycles. The van der Waals surface area contributed by atoms with Crippen LogP contribution in [0.25, 0.3) is 11.0 Å². The molecular weight excluding hydrogens is 176 g/mol. The highest BCUT2D eigenvalue weighted by Crippen LogP contribution is 2.12. The van der Waals surface area contributed by atoms with Crippen LogP contribution in [0.3, 0.4) is 0 Å². The number of fused-ring (bicyclic) bond motifs is 1. The first kappa shape index (κ1) is 8.90. The molecule has 0 aliphatic rings. The number of nitrogens with one attached hydrogen (secondary N) is 1. The number of anilines is 1. The van der Waals surface area contributed by atoms with Crippen molar-refractivity contribution < 1.29 is 0 Å². The number of rotatable bonds is 2. The van der Waals surface area contributed by atoms with Gasteiger partial charge in [0.1, 0.15) is 5.82 Å². The van der Waals surface area contributed by atoms with Crippen molar-refractivity contribution in [2.75, 3.05) is 12.8 Å². The highest BCUT2D eigenvalue weighted by Gasteiger charge is 1.98. The van der Waals surface area contributed by atoms with Gasteiger partial charge in [0.25, 0.3) is 0 Å². The summed E-state index contributed by atoms with van der Waals surface area (Å²) in [5, 5.41) is 3.06. The maximum Gasteiger partial charge on any atom is 0.124 e. The molecule has 0 saturated carbocycles. The Morgan fingerprint density at radius 1 is 1.36 bits per heavy atom. The van der Waals surface area contributed by atoms with Crippen molar-refractivity contribution in [1.82, 2.24) is 15.3 Å². The highest BCUT2D eigenvalue weighted by molar-refractivity contribution is 5.76. The third kappa shape index (κ3) is 1.65. The molecule has 4 heteroatoms. The molecule has 0 radical (unpaired) electrons. The summed E-state index contributed by atoms with van der Waals surface area (Å²) in [6.07, 6.45) is 1.84. The molecule has 0 aliphatic carbocycles. The third-order valence-corrected chi connectivity index (χ3v) is 2.00. The Labute approximate surface area is 82.2 Å². The van der Waals surface area contributed by atoms with Crippen LogP contribution in [0.4, 0.5) is 5.82 Å². The normalized spacial score (nSPS) is 10.6. The lowest BCUT2D eigenvalue weighted by Gasteiger charge is -2.02. The van der Waals surface area contributed by atoms with Gasteiger partial charge in [-0.05, 0) is 30.8 Å². The minimum Gasteiger partial charge on any atom is -0.384 e. The molecule has 0 fully saturated rings. The summed E-state index contributed by atoms with van der Waals surface area (Å²) >= 11 is 0. The molecule has 0 spiro atoms. The van der Waals surface area contributed by atoms with Crippen LogP contribution in [0.1, 0.15) is 5.56 Å². The molecule has 2 heterocycles. The second kappa shape index (κ2) is 3.59. The van der Waals surface area contributed by atoms with E-state index in [1.807, 2.05) is 25.4 Å². The average molecular weight is 188 g/mol. The second-order valence-corrected chi connectivity index (χ2v) is 3.15. The van der Waals surface area contributed by atoms with Gasteiger partial charge in [0.05, 0.1) is 11.0 Å². The van der Waals surface area contributed by atoms with Crippen molar-refractivity contribution in [3.8, 4) is 0 Å². The lowest BCUT2D eigenvalue weighted by molar-refractivity contribution is 0.815. The standard InChI is InChI=1S/C10H12N4/c1-12-5-7-4-9-8(13-6-7)2-3-10(11)14-9/h2-4,6,12H,5H2,1H3,(H2,11,14). The van der Waals surface area contributed by atoms with Gasteiger partial charge >= 0.3 is 0 Å². The Bertz CT molecular complexity index is 453. The molecule has 4 nitrogen and oxygen atoms in total. The summed E-state index contributed by atoms with van der Waals surface area (Å²) in [5.41, 5.74) is 8.42. The molecule has 0 bridgehead atoms. The summed E-state index contributed by atoms with van der Waals surface area (Å²) in [5.74, 6) is 0.529. The Morgan fingerprint density at radius 2 is 2.21 bits per heavy atom. The summed E-state index contributed by atoms with van der Waals surface area (Å²) in [6.45, 7) is 0.791. The predicted octanol–water partition coefficient (Wildman–Crippen LogP) is 0.931. The molecule has 14 heavy (non-hydrogen) atoms. The maximum atomic E-state index is 5.59. The summed E-state index contributed by atoms with van der Waals surface area (Å²) in [6, 6.07) is 5.63. The zero-order valence-corrected chi connectivity index (χ0v) is 7.99. The second-order valence-electron chi connectivity index (χ2n) is 3.15. The van der Waals surface area contributed by atoms with Gasteiger partial charge in [-0.1, -0.05) is 0 Å². The van der Waals surface area contributed by atoms with Crippen molar-refractivity contribution in [2.24, 2.45) is 0 Å². The predicted molar refractivity (Wildman–Crippen MR) is 56.7 cm³/mol. The topological polar surface area (TPSA) is 63.8 Å². The van der Waals surface area contributed by atoms with Gasteiger partial charge in [-0.15, -0.1) is 0 Å². The number of nitrogens with zero attached hydrogens (tertiary/aromatic N) is 2. The van der Waals surface area contributed by atoms with E-state index in [-0.39, 0.29) is 0 Å². The lowest BCUT2D eigenvalue weighted by Crippen LogP contribution is -2.05. The molecule has 0 unspecified atom stereocenters. The molecule has 2 aromatic heterocycles. The number of pyridine rings is 2. The van der Waals surface area contributed by atoms with E-state index < -0.39 is 0 Å². The van der Waals surface area contributed by atoms with Crippen LogP contribution in [-0.2, 0) is 6.54 Å². The van der Waals surface area contributed by atoms with Gasteiger partial charge in [0.2, 0.25) is 0 Å². The van der Waals surface area contributed by atoms with Crippen molar-refractivity contribution in [3.63, 3.8) is 0 Å². The highest BCUT2D eigenvalue weighted by atomic mass is 14.9. The van der Waals surface area contributed by atoms with Gasteiger partial charge in [-0.3, -0.25) is 4.98 Å². The van der Waals surface area contributed by atoms with E-state index in [2.05, 4.69) is 15.3 Å². The van der Waals surface area contributed by atoms with E-state index in [1.165, 1.54) is 0 Å². The monoisotopic (exact) mass is 188 g/mol. The Hall–Kier alpha value is -1.68. The molecule has 0 aliphatic heterocycles. The molecule has 0 atom stereocenters. The van der Waals surface area contributed by atoms with Crippen LogP contribution in [0, 0.1) is 0 Å². The zero-order chi connectivity index (χ0) is 9.97. The first-order valence-electron chi connectivity index (χ1n) is 4.45. The average Bonchev–Trinajstić information content (AvgIpc) is 2.17. The summed E-state index contributed by atoms with van der Waals surface area (Å²) in [4.78, 5) is 8.49. The van der Waals surface area contributed by atoms with Crippen LogP contribution < -0.4 is 11.1 Å². The van der Waals surface area contributed by atoms with Crippen molar-refractivity contribution in [1.29, 1.82) is 0 Å². The molecular formula is C10H12N4. The summed E-state index contributed by atoms with van der Waals surface area (Å²) in [7, 11) is 1.90. The first-order chi connectivity index (χ1) is 6.79. The smallest absolute Gasteiger partial charge is 0.124 e. The number of nitrogens with two attached hydrogens (primary N) is 1. The van der Waals surface area contributed by atoms with Gasteiger partial charge in [-0.2, -0.15) is 0 Å².